The van der Waals surface area contributed by atoms with E-state index in [0.29, 0.717) is 13.2 Å². The number of hydrogen-bond donors (Lipinski definition) is 1. The zero-order valence-electron chi connectivity index (χ0n) is 14.0. The third kappa shape index (κ3) is 2.89. The number of carbonyl (C=O) groups excluding carboxylic acids is 1. The maximum atomic E-state index is 12.3. The molecule has 1 heterocycles. The zero-order valence-corrected chi connectivity index (χ0v) is 14.0. The second kappa shape index (κ2) is 6.43. The lowest BCUT2D eigenvalue weighted by molar-refractivity contribution is 0.106. The summed E-state index contributed by atoms with van der Waals surface area (Å²) in [6.45, 7) is 0.801. The van der Waals surface area contributed by atoms with E-state index in [4.69, 9.17) is 4.74 Å². The van der Waals surface area contributed by atoms with E-state index in [9.17, 15) is 4.79 Å². The highest BCUT2D eigenvalue weighted by Crippen LogP contribution is 2.44. The largest absolute Gasteiger partial charge is 0.448 e. The molecule has 5 nitrogen and oxygen atoms in total. The molecule has 4 rings (SSSR count). The number of nitrogens with one attached hydrogen (secondary N) is 1. The molecule has 0 saturated heterocycles. The zero-order chi connectivity index (χ0) is 17.2. The van der Waals surface area contributed by atoms with Crippen molar-refractivity contribution in [3.63, 3.8) is 0 Å². The smallest absolute Gasteiger partial charge is 0.409 e. The number of ether oxygens (including phenoxy) is 1. The Bertz CT molecular complexity index is 844. The standard InChI is InChI=1S/C20H19N3O2/c1-23(12-14-10-21-22-11-14)20(24)25-13-19-17-8-4-2-6-15(17)16-7-3-5-9-18(16)19/h2-11,19H,12-13H2,1H3,(H,21,22). The fourth-order valence-corrected chi connectivity index (χ4v) is 3.41. The average molecular weight is 333 g/mol. The van der Waals surface area contributed by atoms with Crippen molar-refractivity contribution in [1.82, 2.24) is 15.1 Å². The van der Waals surface area contributed by atoms with Crippen LogP contribution >= 0.6 is 0 Å². The molecule has 1 aromatic heterocycles. The molecule has 3 aromatic rings. The van der Waals surface area contributed by atoms with Crippen LogP contribution in [0.15, 0.2) is 60.9 Å². The Labute approximate surface area is 146 Å². The average Bonchev–Trinajstić information content (AvgIpc) is 3.26. The first-order valence-corrected chi connectivity index (χ1v) is 8.28. The van der Waals surface area contributed by atoms with Crippen LogP contribution in [0.1, 0.15) is 22.6 Å². The first kappa shape index (κ1) is 15.4. The van der Waals surface area contributed by atoms with Gasteiger partial charge in [-0.05, 0) is 22.3 Å². The number of aromatic nitrogens is 2. The van der Waals surface area contributed by atoms with Crippen LogP contribution in [-0.4, -0.2) is 34.8 Å². The van der Waals surface area contributed by atoms with Crippen LogP contribution in [0, 0.1) is 0 Å². The molecule has 1 N–H and O–H groups in total. The van der Waals surface area contributed by atoms with Crippen LogP contribution in [0.25, 0.3) is 11.1 Å². The number of amides is 1. The van der Waals surface area contributed by atoms with Crippen molar-refractivity contribution >= 4 is 6.09 Å². The molecular weight excluding hydrogens is 314 g/mol. The fourth-order valence-electron chi connectivity index (χ4n) is 3.41. The quantitative estimate of drug-likeness (QED) is 0.790. The second-order valence-electron chi connectivity index (χ2n) is 6.27. The highest BCUT2D eigenvalue weighted by molar-refractivity contribution is 5.79. The minimum Gasteiger partial charge on any atom is -0.448 e. The lowest BCUT2D eigenvalue weighted by atomic mass is 9.98. The normalized spacial score (nSPS) is 12.5. The molecule has 1 amide bonds. The van der Waals surface area contributed by atoms with E-state index in [1.165, 1.54) is 22.3 Å². The van der Waals surface area contributed by atoms with Gasteiger partial charge in [0.15, 0.2) is 0 Å². The number of hydrogen-bond acceptors (Lipinski definition) is 3. The summed E-state index contributed by atoms with van der Waals surface area (Å²) in [5.41, 5.74) is 5.83. The van der Waals surface area contributed by atoms with Crippen LogP contribution in [0.5, 0.6) is 0 Å². The maximum absolute atomic E-state index is 12.3. The van der Waals surface area contributed by atoms with Gasteiger partial charge in [-0.1, -0.05) is 48.5 Å². The van der Waals surface area contributed by atoms with Gasteiger partial charge in [0.05, 0.1) is 12.7 Å². The summed E-state index contributed by atoms with van der Waals surface area (Å²) in [6.07, 6.45) is 3.14. The van der Waals surface area contributed by atoms with Gasteiger partial charge in [0.1, 0.15) is 6.61 Å². The van der Waals surface area contributed by atoms with Crippen LogP contribution in [0.4, 0.5) is 4.79 Å². The molecule has 0 radical (unpaired) electrons. The molecule has 2 aromatic carbocycles. The van der Waals surface area contributed by atoms with E-state index in [1.54, 1.807) is 24.3 Å². The second-order valence-corrected chi connectivity index (χ2v) is 6.27. The minimum atomic E-state index is -0.330. The van der Waals surface area contributed by atoms with Crippen LogP contribution in [0.2, 0.25) is 0 Å². The van der Waals surface area contributed by atoms with E-state index >= 15 is 0 Å². The molecule has 0 fully saturated rings. The highest BCUT2D eigenvalue weighted by Gasteiger charge is 2.29. The van der Waals surface area contributed by atoms with Gasteiger partial charge >= 0.3 is 6.09 Å². The van der Waals surface area contributed by atoms with E-state index in [2.05, 4.69) is 34.5 Å². The molecule has 5 heteroatoms. The highest BCUT2D eigenvalue weighted by atomic mass is 16.6. The van der Waals surface area contributed by atoms with Gasteiger partial charge in [-0.25, -0.2) is 4.79 Å². The van der Waals surface area contributed by atoms with Gasteiger partial charge in [-0.15, -0.1) is 0 Å². The fraction of sp³-hybridized carbons (Fsp3) is 0.200. The Balaban J connectivity index is 1.48. The number of rotatable bonds is 4. The first-order valence-electron chi connectivity index (χ1n) is 8.28. The van der Waals surface area contributed by atoms with Crippen molar-refractivity contribution in [3.05, 3.63) is 77.6 Å². The summed E-state index contributed by atoms with van der Waals surface area (Å²) in [5, 5.41) is 6.63. The summed E-state index contributed by atoms with van der Waals surface area (Å²) >= 11 is 0. The van der Waals surface area contributed by atoms with E-state index in [-0.39, 0.29) is 12.0 Å². The lowest BCUT2D eigenvalue weighted by Gasteiger charge is -2.19. The number of aromatic amines is 1. The van der Waals surface area contributed by atoms with Crippen LogP contribution < -0.4 is 0 Å². The van der Waals surface area contributed by atoms with Crippen LogP contribution in [0.3, 0.4) is 0 Å². The van der Waals surface area contributed by atoms with Crippen molar-refractivity contribution in [1.29, 1.82) is 0 Å². The summed E-state index contributed by atoms with van der Waals surface area (Å²) in [5.74, 6) is 0.0821. The number of carbonyl (C=O) groups is 1. The predicted octanol–water partition coefficient (Wildman–Crippen LogP) is 3.79. The van der Waals surface area contributed by atoms with Crippen molar-refractivity contribution in [3.8, 4) is 11.1 Å². The Morgan fingerprint density at radius 1 is 1.12 bits per heavy atom. The molecule has 0 spiro atoms. The molecule has 0 atom stereocenters. The number of H-pyrrole nitrogens is 1. The summed E-state index contributed by atoms with van der Waals surface area (Å²) in [7, 11) is 1.73. The number of nitrogens with zero attached hydrogens (tertiary/aromatic N) is 2. The maximum Gasteiger partial charge on any atom is 0.409 e. The van der Waals surface area contributed by atoms with E-state index in [0.717, 1.165) is 5.56 Å². The SMILES string of the molecule is CN(Cc1cn[nH]c1)C(=O)OCC1c2ccccc2-c2ccccc21. The van der Waals surface area contributed by atoms with Crippen molar-refractivity contribution in [2.45, 2.75) is 12.5 Å². The van der Waals surface area contributed by atoms with Crippen molar-refractivity contribution in [2.24, 2.45) is 0 Å². The topological polar surface area (TPSA) is 58.2 Å². The van der Waals surface area contributed by atoms with Gasteiger partial charge in [0, 0.05) is 24.7 Å². The Kier molecular flexibility index (Phi) is 3.98. The Morgan fingerprint density at radius 2 is 1.76 bits per heavy atom. The molecule has 0 unspecified atom stereocenters. The van der Waals surface area contributed by atoms with Gasteiger partial charge < -0.3 is 9.64 Å². The molecule has 1 aliphatic carbocycles. The summed E-state index contributed by atoms with van der Waals surface area (Å²) in [4.78, 5) is 13.9. The predicted molar refractivity (Wildman–Crippen MR) is 95.1 cm³/mol. The third-order valence-corrected chi connectivity index (χ3v) is 4.62. The molecule has 0 bridgehead atoms. The van der Waals surface area contributed by atoms with E-state index in [1.807, 2.05) is 24.3 Å². The third-order valence-electron chi connectivity index (χ3n) is 4.62. The number of benzene rings is 2. The van der Waals surface area contributed by atoms with Crippen LogP contribution in [-0.2, 0) is 11.3 Å². The van der Waals surface area contributed by atoms with Gasteiger partial charge in [-0.3, -0.25) is 5.10 Å². The molecule has 25 heavy (non-hydrogen) atoms. The molecule has 0 saturated carbocycles. The monoisotopic (exact) mass is 333 g/mol. The summed E-state index contributed by atoms with van der Waals surface area (Å²) in [6, 6.07) is 16.6. The molecule has 126 valence electrons. The molecular formula is C20H19N3O2. The van der Waals surface area contributed by atoms with Crippen molar-refractivity contribution in [2.75, 3.05) is 13.7 Å². The van der Waals surface area contributed by atoms with Gasteiger partial charge in [0.2, 0.25) is 0 Å². The molecule has 1 aliphatic rings. The van der Waals surface area contributed by atoms with Crippen molar-refractivity contribution < 1.29 is 9.53 Å². The lowest BCUT2D eigenvalue weighted by Crippen LogP contribution is -2.28. The summed E-state index contributed by atoms with van der Waals surface area (Å²) < 4.78 is 5.61. The first-order chi connectivity index (χ1) is 12.2. The minimum absolute atomic E-state index is 0.0821. The van der Waals surface area contributed by atoms with E-state index < -0.39 is 0 Å². The number of fused-ring (bicyclic) bond motifs is 3. The van der Waals surface area contributed by atoms with Gasteiger partial charge in [-0.2, -0.15) is 5.10 Å². The Morgan fingerprint density at radius 3 is 2.36 bits per heavy atom. The molecule has 0 aliphatic heterocycles. The van der Waals surface area contributed by atoms with Gasteiger partial charge in [0.25, 0.3) is 0 Å². The Hall–Kier alpha value is -3.08.